The van der Waals surface area contributed by atoms with Crippen molar-refractivity contribution < 1.29 is 9.53 Å². The molecule has 0 aliphatic rings. The van der Waals surface area contributed by atoms with Crippen LogP contribution in [0.2, 0.25) is 0 Å². The number of carbonyl (C=O) groups is 1. The Morgan fingerprint density at radius 2 is 1.67 bits per heavy atom. The second-order valence-electron chi connectivity index (χ2n) is 6.73. The van der Waals surface area contributed by atoms with E-state index in [0.29, 0.717) is 28.5 Å². The Kier molecular flexibility index (Phi) is 5.43. The molecule has 0 spiro atoms. The van der Waals surface area contributed by atoms with Gasteiger partial charge in [-0.15, -0.1) is 0 Å². The first kappa shape index (κ1) is 19.2. The van der Waals surface area contributed by atoms with Gasteiger partial charge in [0.25, 0.3) is 0 Å². The zero-order valence-electron chi connectivity index (χ0n) is 16.6. The summed E-state index contributed by atoms with van der Waals surface area (Å²) in [6.45, 7) is 2.04. The van der Waals surface area contributed by atoms with Gasteiger partial charge in [0, 0.05) is 22.8 Å². The van der Waals surface area contributed by atoms with Crippen LogP contribution < -0.4 is 20.7 Å². The molecule has 0 saturated heterocycles. The van der Waals surface area contributed by atoms with Gasteiger partial charge in [0.15, 0.2) is 0 Å². The number of ether oxygens (including phenoxy) is 1. The molecule has 4 aromatic rings. The van der Waals surface area contributed by atoms with E-state index in [1.54, 1.807) is 19.2 Å². The number of rotatable bonds is 5. The number of anilines is 4. The molecule has 2 amide bonds. The highest BCUT2D eigenvalue weighted by Crippen LogP contribution is 2.33. The van der Waals surface area contributed by atoms with Crippen LogP contribution in [0.15, 0.2) is 73.1 Å². The molecule has 150 valence electrons. The third kappa shape index (κ3) is 4.30. The first-order valence-electron chi connectivity index (χ1n) is 9.42. The summed E-state index contributed by atoms with van der Waals surface area (Å²) in [4.78, 5) is 21.2. The minimum atomic E-state index is -0.372. The maximum Gasteiger partial charge on any atom is 0.323 e. The molecule has 30 heavy (non-hydrogen) atoms. The van der Waals surface area contributed by atoms with Crippen molar-refractivity contribution in [3.05, 3.63) is 78.6 Å². The van der Waals surface area contributed by atoms with Crippen LogP contribution in [0.1, 0.15) is 5.56 Å². The topological polar surface area (TPSA) is 88.2 Å². The van der Waals surface area contributed by atoms with E-state index in [2.05, 4.69) is 25.9 Å². The normalized spacial score (nSPS) is 10.5. The van der Waals surface area contributed by atoms with Crippen molar-refractivity contribution in [1.29, 1.82) is 0 Å². The maximum absolute atomic E-state index is 12.5. The fourth-order valence-corrected chi connectivity index (χ4v) is 3.03. The second-order valence-corrected chi connectivity index (χ2v) is 6.73. The Morgan fingerprint density at radius 3 is 2.40 bits per heavy atom. The number of fused-ring (bicyclic) bond motifs is 1. The van der Waals surface area contributed by atoms with Crippen molar-refractivity contribution in [2.45, 2.75) is 6.92 Å². The number of methoxy groups -OCH3 is 1. The number of benzene rings is 3. The van der Waals surface area contributed by atoms with Gasteiger partial charge in [-0.25, -0.2) is 14.8 Å². The molecule has 0 aliphatic carbocycles. The number of aromatic nitrogens is 2. The summed E-state index contributed by atoms with van der Waals surface area (Å²) in [6.07, 6.45) is 1.49. The van der Waals surface area contributed by atoms with E-state index in [1.165, 1.54) is 11.9 Å². The number of urea groups is 1. The molecule has 1 heterocycles. The van der Waals surface area contributed by atoms with Gasteiger partial charge in [0.2, 0.25) is 0 Å². The summed E-state index contributed by atoms with van der Waals surface area (Å²) < 4.78 is 5.45. The van der Waals surface area contributed by atoms with E-state index >= 15 is 0 Å². The molecule has 0 radical (unpaired) electrons. The molecular weight excluding hydrogens is 378 g/mol. The van der Waals surface area contributed by atoms with E-state index in [-0.39, 0.29) is 6.03 Å². The van der Waals surface area contributed by atoms with E-state index < -0.39 is 0 Å². The molecule has 1 aromatic heterocycles. The number of amides is 2. The van der Waals surface area contributed by atoms with Gasteiger partial charge in [0.05, 0.1) is 18.3 Å². The fourth-order valence-electron chi connectivity index (χ4n) is 3.03. The molecule has 3 aromatic carbocycles. The summed E-state index contributed by atoms with van der Waals surface area (Å²) in [6, 6.07) is 20.4. The monoisotopic (exact) mass is 399 g/mol. The Morgan fingerprint density at radius 1 is 0.900 bits per heavy atom. The van der Waals surface area contributed by atoms with Gasteiger partial charge in [-0.2, -0.15) is 0 Å². The summed E-state index contributed by atoms with van der Waals surface area (Å²) in [5.74, 6) is 1.14. The molecule has 0 atom stereocenters. The molecule has 7 nitrogen and oxygen atoms in total. The van der Waals surface area contributed by atoms with Gasteiger partial charge in [-0.1, -0.05) is 35.9 Å². The number of aryl methyl sites for hydroxylation is 1. The van der Waals surface area contributed by atoms with E-state index in [9.17, 15) is 4.79 Å². The second kappa shape index (κ2) is 8.48. The van der Waals surface area contributed by atoms with Crippen LogP contribution in [0.25, 0.3) is 10.9 Å². The van der Waals surface area contributed by atoms with Gasteiger partial charge < -0.3 is 20.7 Å². The number of hydrogen-bond donors (Lipinski definition) is 3. The standard InChI is InChI=1S/C23H21N5O2/c1-15-8-10-17(11-9-15)26-22-18-12-20(21(30-2)13-19(18)24-14-25-22)28-23(29)27-16-6-4-3-5-7-16/h3-14H,1-2H3,(H,24,25,26)(H2,27,28,29). The van der Waals surface area contributed by atoms with Crippen LogP contribution in [0.5, 0.6) is 5.75 Å². The molecule has 0 saturated carbocycles. The Bertz CT molecular complexity index is 1180. The van der Waals surface area contributed by atoms with Crippen LogP contribution in [-0.4, -0.2) is 23.1 Å². The van der Waals surface area contributed by atoms with Crippen LogP contribution in [0, 0.1) is 6.92 Å². The minimum Gasteiger partial charge on any atom is -0.494 e. The molecule has 0 fully saturated rings. The highest BCUT2D eigenvalue weighted by molar-refractivity contribution is 6.03. The van der Waals surface area contributed by atoms with Gasteiger partial charge in [0.1, 0.15) is 17.9 Å². The van der Waals surface area contributed by atoms with E-state index in [0.717, 1.165) is 11.1 Å². The smallest absolute Gasteiger partial charge is 0.323 e. The molecule has 4 rings (SSSR count). The van der Waals surface area contributed by atoms with Crippen LogP contribution in [0.4, 0.5) is 27.7 Å². The molecule has 0 bridgehead atoms. The van der Waals surface area contributed by atoms with Crippen molar-refractivity contribution in [3.63, 3.8) is 0 Å². The Labute approximate surface area is 174 Å². The SMILES string of the molecule is COc1cc2ncnc(Nc3ccc(C)cc3)c2cc1NC(=O)Nc1ccccc1. The van der Waals surface area contributed by atoms with Crippen molar-refractivity contribution in [1.82, 2.24) is 9.97 Å². The highest BCUT2D eigenvalue weighted by atomic mass is 16.5. The third-order valence-corrected chi connectivity index (χ3v) is 4.55. The minimum absolute atomic E-state index is 0.372. The zero-order valence-corrected chi connectivity index (χ0v) is 16.6. The maximum atomic E-state index is 12.5. The lowest BCUT2D eigenvalue weighted by Gasteiger charge is -2.14. The number of para-hydroxylation sites is 1. The predicted molar refractivity (Wildman–Crippen MR) is 120 cm³/mol. The highest BCUT2D eigenvalue weighted by Gasteiger charge is 2.13. The number of carbonyl (C=O) groups excluding carboxylic acids is 1. The summed E-state index contributed by atoms with van der Waals surface area (Å²) >= 11 is 0. The molecule has 0 unspecified atom stereocenters. The van der Waals surface area contributed by atoms with Gasteiger partial charge >= 0.3 is 6.03 Å². The molecule has 7 heteroatoms. The molecule has 3 N–H and O–H groups in total. The average molecular weight is 399 g/mol. The Hall–Kier alpha value is -4.13. The van der Waals surface area contributed by atoms with Gasteiger partial charge in [-0.3, -0.25) is 0 Å². The number of nitrogens with zero attached hydrogens (tertiary/aromatic N) is 2. The summed E-state index contributed by atoms with van der Waals surface area (Å²) in [5, 5.41) is 9.71. The lowest BCUT2D eigenvalue weighted by Crippen LogP contribution is -2.19. The van der Waals surface area contributed by atoms with Gasteiger partial charge in [-0.05, 0) is 37.3 Å². The number of hydrogen-bond acceptors (Lipinski definition) is 5. The number of nitrogens with one attached hydrogen (secondary N) is 3. The van der Waals surface area contributed by atoms with E-state index in [1.807, 2.05) is 61.5 Å². The van der Waals surface area contributed by atoms with Crippen molar-refractivity contribution in [2.24, 2.45) is 0 Å². The van der Waals surface area contributed by atoms with Crippen molar-refractivity contribution >= 4 is 39.8 Å². The third-order valence-electron chi connectivity index (χ3n) is 4.55. The van der Waals surface area contributed by atoms with Crippen molar-refractivity contribution in [3.8, 4) is 5.75 Å². The predicted octanol–water partition coefficient (Wildman–Crippen LogP) is 5.33. The summed E-state index contributed by atoms with van der Waals surface area (Å²) in [5.41, 5.74) is 3.99. The quantitative estimate of drug-likeness (QED) is 0.422. The lowest BCUT2D eigenvalue weighted by molar-refractivity contribution is 0.262. The first-order valence-corrected chi connectivity index (χ1v) is 9.42. The lowest BCUT2D eigenvalue weighted by atomic mass is 10.1. The largest absolute Gasteiger partial charge is 0.494 e. The molecule has 0 aliphatic heterocycles. The fraction of sp³-hybridized carbons (Fsp3) is 0.0870. The van der Waals surface area contributed by atoms with Crippen LogP contribution >= 0.6 is 0 Å². The summed E-state index contributed by atoms with van der Waals surface area (Å²) in [7, 11) is 1.55. The van der Waals surface area contributed by atoms with Crippen LogP contribution in [-0.2, 0) is 0 Å². The van der Waals surface area contributed by atoms with Crippen LogP contribution in [0.3, 0.4) is 0 Å². The van der Waals surface area contributed by atoms with Crippen molar-refractivity contribution in [2.75, 3.05) is 23.1 Å². The molecular formula is C23H21N5O2. The first-order chi connectivity index (χ1) is 14.6. The zero-order chi connectivity index (χ0) is 20.9. The average Bonchev–Trinajstić information content (AvgIpc) is 2.76. The Balaban J connectivity index is 1.65. The van der Waals surface area contributed by atoms with E-state index in [4.69, 9.17) is 4.74 Å².